The zero-order valence-electron chi connectivity index (χ0n) is 10.6. The summed E-state index contributed by atoms with van der Waals surface area (Å²) < 4.78 is 10.6. The average Bonchev–Trinajstić information content (AvgIpc) is 2.49. The molecule has 2 rings (SSSR count). The number of nitrogens with two attached hydrogens (primary N) is 2. The van der Waals surface area contributed by atoms with E-state index in [4.69, 9.17) is 26.1 Å². The minimum absolute atomic E-state index is 0.0187. The van der Waals surface area contributed by atoms with Gasteiger partial charge in [-0.1, -0.05) is 5.16 Å². The monoisotopic (exact) mass is 275 g/mol. The van der Waals surface area contributed by atoms with Crippen LogP contribution in [0.15, 0.2) is 35.6 Å². The number of aromatic nitrogens is 2. The van der Waals surface area contributed by atoms with Crippen molar-refractivity contribution in [1.82, 2.24) is 9.97 Å². The van der Waals surface area contributed by atoms with Gasteiger partial charge < -0.3 is 26.1 Å². The molecule has 8 nitrogen and oxygen atoms in total. The number of ether oxygens (including phenoxy) is 2. The Hall–Kier alpha value is -3.03. The van der Waals surface area contributed by atoms with Gasteiger partial charge in [0.2, 0.25) is 17.5 Å². The molecule has 0 unspecified atom stereocenters. The Morgan fingerprint density at radius 1 is 1.25 bits per heavy atom. The molecule has 0 atom stereocenters. The molecule has 20 heavy (non-hydrogen) atoms. The Morgan fingerprint density at radius 2 is 1.90 bits per heavy atom. The fraction of sp³-hybridized carbons (Fsp3) is 0.0833. The number of hydrogen-bond donors (Lipinski definition) is 3. The maximum atomic E-state index is 8.59. The van der Waals surface area contributed by atoms with Crippen molar-refractivity contribution >= 4 is 11.5 Å². The molecule has 5 N–H and O–H groups in total. The Labute approximate surface area is 114 Å². The fourth-order valence-electron chi connectivity index (χ4n) is 1.38. The lowest BCUT2D eigenvalue weighted by molar-refractivity contribution is 0.318. The first-order chi connectivity index (χ1) is 9.63. The largest absolute Gasteiger partial charge is 0.497 e. The maximum absolute atomic E-state index is 8.59. The Morgan fingerprint density at radius 3 is 2.50 bits per heavy atom. The third-order valence-corrected chi connectivity index (χ3v) is 2.39. The number of nitrogen functional groups attached to an aromatic ring is 1. The highest BCUT2D eigenvalue weighted by molar-refractivity contribution is 5.93. The normalized spacial score (nSPS) is 11.2. The smallest absolute Gasteiger partial charge is 0.246 e. The number of rotatable bonds is 4. The van der Waals surface area contributed by atoms with Gasteiger partial charge in [-0.25, -0.2) is 4.98 Å². The van der Waals surface area contributed by atoms with Gasteiger partial charge in [0.25, 0.3) is 0 Å². The molecule has 2 aromatic rings. The van der Waals surface area contributed by atoms with Crippen LogP contribution in [0.25, 0.3) is 0 Å². The molecular formula is C12H13N5O3. The summed E-state index contributed by atoms with van der Waals surface area (Å²) in [5.41, 5.74) is 11.4. The summed E-state index contributed by atoms with van der Waals surface area (Å²) in [6, 6.07) is 6.86. The molecule has 0 aliphatic carbocycles. The molecule has 1 heterocycles. The molecule has 1 aromatic carbocycles. The lowest BCUT2D eigenvalue weighted by Crippen LogP contribution is -2.17. The summed E-state index contributed by atoms with van der Waals surface area (Å²) in [6.45, 7) is 0. The van der Waals surface area contributed by atoms with E-state index in [-0.39, 0.29) is 23.2 Å². The summed E-state index contributed by atoms with van der Waals surface area (Å²) in [4.78, 5) is 7.80. The Bertz CT molecular complexity index is 627. The van der Waals surface area contributed by atoms with E-state index in [1.54, 1.807) is 31.4 Å². The second-order valence-corrected chi connectivity index (χ2v) is 3.72. The minimum Gasteiger partial charge on any atom is -0.497 e. The molecule has 0 fully saturated rings. The van der Waals surface area contributed by atoms with Crippen LogP contribution in [0.2, 0.25) is 0 Å². The van der Waals surface area contributed by atoms with Crippen molar-refractivity contribution in [2.75, 3.05) is 12.8 Å². The molecule has 0 bridgehead atoms. The van der Waals surface area contributed by atoms with Gasteiger partial charge in [0.15, 0.2) is 0 Å². The molecule has 104 valence electrons. The second-order valence-electron chi connectivity index (χ2n) is 3.72. The van der Waals surface area contributed by atoms with Crippen LogP contribution in [0.3, 0.4) is 0 Å². The van der Waals surface area contributed by atoms with Crippen molar-refractivity contribution in [3.05, 3.63) is 36.3 Å². The SMILES string of the molecule is COc1ccc(Oc2nc(/C(N)=N/O)ncc2N)cc1. The summed E-state index contributed by atoms with van der Waals surface area (Å²) in [5.74, 6) is 1.12. The first-order valence-corrected chi connectivity index (χ1v) is 5.56. The molecule has 0 aliphatic rings. The minimum atomic E-state index is -0.232. The number of oxime groups is 1. The van der Waals surface area contributed by atoms with Crippen LogP contribution in [0.4, 0.5) is 5.69 Å². The van der Waals surface area contributed by atoms with Crippen molar-refractivity contribution in [2.45, 2.75) is 0 Å². The van der Waals surface area contributed by atoms with Crippen LogP contribution < -0.4 is 20.9 Å². The van der Waals surface area contributed by atoms with Crippen LogP contribution in [0.1, 0.15) is 5.82 Å². The van der Waals surface area contributed by atoms with Crippen molar-refractivity contribution in [2.24, 2.45) is 10.9 Å². The highest BCUT2D eigenvalue weighted by Crippen LogP contribution is 2.26. The van der Waals surface area contributed by atoms with Gasteiger partial charge >= 0.3 is 0 Å². The van der Waals surface area contributed by atoms with Crippen LogP contribution >= 0.6 is 0 Å². The van der Waals surface area contributed by atoms with Gasteiger partial charge in [-0.3, -0.25) is 0 Å². The van der Waals surface area contributed by atoms with Gasteiger partial charge in [0.1, 0.15) is 17.2 Å². The lowest BCUT2D eigenvalue weighted by atomic mass is 10.3. The van der Waals surface area contributed by atoms with E-state index in [9.17, 15) is 0 Å². The van der Waals surface area contributed by atoms with Crippen LogP contribution in [-0.4, -0.2) is 28.1 Å². The molecule has 0 saturated carbocycles. The summed E-state index contributed by atoms with van der Waals surface area (Å²) in [7, 11) is 1.57. The molecular weight excluding hydrogens is 262 g/mol. The van der Waals surface area contributed by atoms with E-state index in [0.717, 1.165) is 0 Å². The first kappa shape index (κ1) is 13.4. The second kappa shape index (κ2) is 5.74. The van der Waals surface area contributed by atoms with Crippen molar-refractivity contribution in [3.8, 4) is 17.4 Å². The van der Waals surface area contributed by atoms with Crippen LogP contribution in [-0.2, 0) is 0 Å². The van der Waals surface area contributed by atoms with Gasteiger partial charge in [-0.15, -0.1) is 0 Å². The molecule has 1 aromatic heterocycles. The van der Waals surface area contributed by atoms with Crippen molar-refractivity contribution < 1.29 is 14.7 Å². The molecule has 8 heteroatoms. The number of nitrogens with zero attached hydrogens (tertiary/aromatic N) is 3. The molecule has 0 amide bonds. The molecule has 0 saturated heterocycles. The van der Waals surface area contributed by atoms with E-state index in [2.05, 4.69) is 15.1 Å². The molecule has 0 aliphatic heterocycles. The number of benzene rings is 1. The molecule has 0 spiro atoms. The fourth-order valence-corrected chi connectivity index (χ4v) is 1.38. The van der Waals surface area contributed by atoms with E-state index in [1.165, 1.54) is 6.20 Å². The topological polar surface area (TPSA) is 129 Å². The third-order valence-electron chi connectivity index (χ3n) is 2.39. The lowest BCUT2D eigenvalue weighted by Gasteiger charge is -2.08. The third kappa shape index (κ3) is 2.86. The molecule has 0 radical (unpaired) electrons. The van der Waals surface area contributed by atoms with Crippen LogP contribution in [0, 0.1) is 0 Å². The van der Waals surface area contributed by atoms with Crippen LogP contribution in [0.5, 0.6) is 17.4 Å². The number of amidine groups is 1. The summed E-state index contributed by atoms with van der Waals surface area (Å²) in [6.07, 6.45) is 1.32. The number of hydrogen-bond acceptors (Lipinski definition) is 7. The predicted octanol–water partition coefficient (Wildman–Crippen LogP) is 0.954. The highest BCUT2D eigenvalue weighted by Gasteiger charge is 2.10. The Kier molecular flexibility index (Phi) is 3.85. The zero-order chi connectivity index (χ0) is 14.5. The van der Waals surface area contributed by atoms with E-state index in [1.807, 2.05) is 0 Å². The average molecular weight is 275 g/mol. The maximum Gasteiger partial charge on any atom is 0.246 e. The van der Waals surface area contributed by atoms with Gasteiger partial charge in [-0.2, -0.15) is 4.98 Å². The predicted molar refractivity (Wildman–Crippen MR) is 72.0 cm³/mol. The van der Waals surface area contributed by atoms with Gasteiger partial charge in [-0.05, 0) is 24.3 Å². The highest BCUT2D eigenvalue weighted by atomic mass is 16.5. The first-order valence-electron chi connectivity index (χ1n) is 5.56. The summed E-state index contributed by atoms with van der Waals surface area (Å²) in [5, 5.41) is 11.4. The van der Waals surface area contributed by atoms with Gasteiger partial charge in [0.05, 0.1) is 13.3 Å². The van der Waals surface area contributed by atoms with Crippen molar-refractivity contribution in [1.29, 1.82) is 0 Å². The van der Waals surface area contributed by atoms with E-state index < -0.39 is 0 Å². The summed E-state index contributed by atoms with van der Waals surface area (Å²) >= 11 is 0. The Balaban J connectivity index is 2.27. The zero-order valence-corrected chi connectivity index (χ0v) is 10.6. The van der Waals surface area contributed by atoms with Crippen molar-refractivity contribution in [3.63, 3.8) is 0 Å². The van der Waals surface area contributed by atoms with E-state index in [0.29, 0.717) is 11.5 Å². The number of methoxy groups -OCH3 is 1. The quantitative estimate of drug-likeness (QED) is 0.328. The van der Waals surface area contributed by atoms with Gasteiger partial charge in [0, 0.05) is 0 Å². The number of anilines is 1. The van der Waals surface area contributed by atoms with E-state index >= 15 is 0 Å². The standard InChI is InChI=1S/C12H13N5O3/c1-19-7-2-4-8(5-3-7)20-12-9(13)6-15-11(16-12)10(14)17-18/h2-6,18H,13H2,1H3,(H2,14,17).